The van der Waals surface area contributed by atoms with E-state index in [4.69, 9.17) is 19.7 Å². The number of hydrogen-bond donors (Lipinski definition) is 0. The van der Waals surface area contributed by atoms with Crippen molar-refractivity contribution in [1.29, 1.82) is 0 Å². The van der Waals surface area contributed by atoms with Crippen molar-refractivity contribution in [3.63, 3.8) is 0 Å². The standard InChI is InChI=1S/C49H35N3O/c1-31-24-26-37(32(2)50-31)34-16-13-17-35(28-34)45-30-44(33-14-5-3-4-6-15-33)51-48(52-45)36-25-27-39-38-18-7-8-19-40(38)49(43(39)29-36)41-20-9-11-22-46(41)53-47-23-12-10-21-42(47)49/h3-14,16-30H,15H2,1-2H3. The Morgan fingerprint density at radius 2 is 1.21 bits per heavy atom. The second-order valence-corrected chi connectivity index (χ2v) is 14.0. The number of allylic oxidation sites excluding steroid dienone is 6. The van der Waals surface area contributed by atoms with E-state index in [0.717, 1.165) is 79.6 Å². The maximum Gasteiger partial charge on any atom is 0.160 e. The van der Waals surface area contributed by atoms with Gasteiger partial charge in [0.25, 0.3) is 0 Å². The minimum absolute atomic E-state index is 0.568. The molecule has 0 unspecified atom stereocenters. The highest BCUT2D eigenvalue weighted by Gasteiger charge is 2.51. The van der Waals surface area contributed by atoms with Gasteiger partial charge < -0.3 is 4.74 Å². The van der Waals surface area contributed by atoms with Gasteiger partial charge in [-0.15, -0.1) is 0 Å². The molecule has 0 N–H and O–H groups in total. The number of fused-ring (bicyclic) bond motifs is 9. The lowest BCUT2D eigenvalue weighted by Gasteiger charge is -2.39. The van der Waals surface area contributed by atoms with Gasteiger partial charge in [-0.25, -0.2) is 9.97 Å². The molecule has 0 atom stereocenters. The molecule has 0 saturated carbocycles. The number of ether oxygens (including phenoxy) is 1. The van der Waals surface area contributed by atoms with Gasteiger partial charge in [0.15, 0.2) is 5.82 Å². The zero-order valence-corrected chi connectivity index (χ0v) is 29.5. The Labute approximate surface area is 309 Å². The van der Waals surface area contributed by atoms with E-state index in [2.05, 4.69) is 171 Å². The van der Waals surface area contributed by atoms with Gasteiger partial charge in [-0.1, -0.05) is 127 Å². The highest BCUT2D eigenvalue weighted by molar-refractivity contribution is 5.90. The van der Waals surface area contributed by atoms with Crippen LogP contribution in [-0.4, -0.2) is 15.0 Å². The normalized spacial score (nSPS) is 14.4. The molecule has 0 saturated heterocycles. The number of aromatic nitrogens is 3. The first-order valence-corrected chi connectivity index (χ1v) is 18.2. The van der Waals surface area contributed by atoms with E-state index in [9.17, 15) is 0 Å². The summed E-state index contributed by atoms with van der Waals surface area (Å²) in [6.07, 6.45) is 11.4. The van der Waals surface area contributed by atoms with E-state index >= 15 is 0 Å². The zero-order chi connectivity index (χ0) is 35.5. The molecule has 5 aromatic carbocycles. The first-order valence-electron chi connectivity index (χ1n) is 18.2. The number of nitrogens with zero attached hydrogens (tertiary/aromatic N) is 3. The highest BCUT2D eigenvalue weighted by Crippen LogP contribution is 2.62. The summed E-state index contributed by atoms with van der Waals surface area (Å²) in [5.74, 6) is 2.44. The maximum atomic E-state index is 6.58. The summed E-state index contributed by atoms with van der Waals surface area (Å²) in [6.45, 7) is 4.10. The molecule has 0 amide bonds. The molecule has 1 aliphatic heterocycles. The van der Waals surface area contributed by atoms with Crippen LogP contribution in [0.25, 0.3) is 50.5 Å². The third-order valence-corrected chi connectivity index (χ3v) is 10.8. The lowest BCUT2D eigenvalue weighted by molar-refractivity contribution is 0.436. The largest absolute Gasteiger partial charge is 0.457 e. The van der Waals surface area contributed by atoms with E-state index < -0.39 is 5.41 Å². The SMILES string of the molecule is Cc1ccc(-c2cccc(-c3cc(C4=CC=CC=CC4)nc(-c4ccc5c(c4)C4(c6ccccc6Oc6ccccc64)c4ccccc4-5)n3)c2)c(C)n1. The summed E-state index contributed by atoms with van der Waals surface area (Å²) in [4.78, 5) is 15.4. The molecule has 0 fully saturated rings. The van der Waals surface area contributed by atoms with Crippen molar-refractivity contribution in [2.75, 3.05) is 0 Å². The number of para-hydroxylation sites is 2. The van der Waals surface area contributed by atoms with Crippen LogP contribution in [0.4, 0.5) is 0 Å². The van der Waals surface area contributed by atoms with Gasteiger partial charge in [-0.3, -0.25) is 4.98 Å². The molecule has 4 nitrogen and oxygen atoms in total. The molecule has 2 aliphatic carbocycles. The Balaban J connectivity index is 1.20. The quantitative estimate of drug-likeness (QED) is 0.185. The molecule has 1 spiro atoms. The molecule has 7 aromatic rings. The van der Waals surface area contributed by atoms with Crippen molar-refractivity contribution in [2.45, 2.75) is 25.7 Å². The van der Waals surface area contributed by atoms with E-state index in [1.54, 1.807) is 0 Å². The zero-order valence-electron chi connectivity index (χ0n) is 29.5. The van der Waals surface area contributed by atoms with Crippen molar-refractivity contribution in [1.82, 2.24) is 15.0 Å². The van der Waals surface area contributed by atoms with Crippen LogP contribution >= 0.6 is 0 Å². The predicted octanol–water partition coefficient (Wildman–Crippen LogP) is 11.9. The Hall–Kier alpha value is -6.65. The van der Waals surface area contributed by atoms with Crippen molar-refractivity contribution in [3.8, 4) is 56.4 Å². The topological polar surface area (TPSA) is 47.9 Å². The van der Waals surface area contributed by atoms with Gasteiger partial charge >= 0.3 is 0 Å². The van der Waals surface area contributed by atoms with Gasteiger partial charge in [0.1, 0.15) is 11.5 Å². The first kappa shape index (κ1) is 31.1. The number of pyridine rings is 1. The van der Waals surface area contributed by atoms with Crippen molar-refractivity contribution in [3.05, 3.63) is 203 Å². The molecule has 0 radical (unpaired) electrons. The summed E-state index contributed by atoms with van der Waals surface area (Å²) in [5.41, 5.74) is 15.8. The molecule has 3 heterocycles. The van der Waals surface area contributed by atoms with Gasteiger partial charge in [-0.2, -0.15) is 0 Å². The summed E-state index contributed by atoms with van der Waals surface area (Å²) in [6, 6.07) is 47.5. The fraction of sp³-hybridized carbons (Fsp3) is 0.0816. The van der Waals surface area contributed by atoms with Gasteiger partial charge in [0.2, 0.25) is 0 Å². The Bertz CT molecular complexity index is 2670. The Morgan fingerprint density at radius 1 is 0.509 bits per heavy atom. The fourth-order valence-corrected chi connectivity index (χ4v) is 8.49. The monoisotopic (exact) mass is 681 g/mol. The number of benzene rings is 5. The fourth-order valence-electron chi connectivity index (χ4n) is 8.49. The molecule has 252 valence electrons. The average Bonchev–Trinajstić information content (AvgIpc) is 3.31. The van der Waals surface area contributed by atoms with Crippen LogP contribution in [0.2, 0.25) is 0 Å². The molecule has 0 bridgehead atoms. The van der Waals surface area contributed by atoms with Gasteiger partial charge in [0.05, 0.1) is 16.8 Å². The summed E-state index contributed by atoms with van der Waals surface area (Å²) < 4.78 is 6.58. The van der Waals surface area contributed by atoms with Crippen LogP contribution in [0.15, 0.2) is 164 Å². The van der Waals surface area contributed by atoms with Crippen LogP contribution in [0.3, 0.4) is 0 Å². The third kappa shape index (κ3) is 4.94. The molecular weight excluding hydrogens is 647 g/mol. The van der Waals surface area contributed by atoms with Gasteiger partial charge in [-0.05, 0) is 90.1 Å². The lowest BCUT2D eigenvalue weighted by Crippen LogP contribution is -2.32. The third-order valence-electron chi connectivity index (χ3n) is 10.8. The van der Waals surface area contributed by atoms with Gasteiger partial charge in [0, 0.05) is 39.2 Å². The molecule has 3 aliphatic rings. The van der Waals surface area contributed by atoms with E-state index in [0.29, 0.717) is 5.82 Å². The minimum Gasteiger partial charge on any atom is -0.457 e. The number of rotatable bonds is 4. The summed E-state index contributed by atoms with van der Waals surface area (Å²) >= 11 is 0. The molecule has 4 heteroatoms. The summed E-state index contributed by atoms with van der Waals surface area (Å²) in [5, 5.41) is 0. The molecule has 2 aromatic heterocycles. The van der Waals surface area contributed by atoms with E-state index in [1.165, 1.54) is 22.3 Å². The van der Waals surface area contributed by atoms with Crippen LogP contribution < -0.4 is 4.74 Å². The molecule has 10 rings (SSSR count). The minimum atomic E-state index is -0.568. The Morgan fingerprint density at radius 3 is 2.02 bits per heavy atom. The first-order chi connectivity index (χ1) is 26.1. The smallest absolute Gasteiger partial charge is 0.160 e. The number of aryl methyl sites for hydroxylation is 2. The van der Waals surface area contributed by atoms with Crippen LogP contribution in [0, 0.1) is 13.8 Å². The van der Waals surface area contributed by atoms with Crippen molar-refractivity contribution >= 4 is 5.57 Å². The summed E-state index contributed by atoms with van der Waals surface area (Å²) in [7, 11) is 0. The van der Waals surface area contributed by atoms with Crippen LogP contribution in [-0.2, 0) is 5.41 Å². The van der Waals surface area contributed by atoms with E-state index in [-0.39, 0.29) is 0 Å². The second kappa shape index (κ2) is 12.2. The average molecular weight is 682 g/mol. The van der Waals surface area contributed by atoms with Crippen LogP contribution in [0.5, 0.6) is 11.5 Å². The number of hydrogen-bond acceptors (Lipinski definition) is 4. The van der Waals surface area contributed by atoms with Crippen molar-refractivity contribution in [2.24, 2.45) is 0 Å². The second-order valence-electron chi connectivity index (χ2n) is 14.0. The van der Waals surface area contributed by atoms with Crippen molar-refractivity contribution < 1.29 is 4.74 Å². The molecule has 53 heavy (non-hydrogen) atoms. The van der Waals surface area contributed by atoms with E-state index in [1.807, 2.05) is 6.92 Å². The Kier molecular flexibility index (Phi) is 7.19. The highest BCUT2D eigenvalue weighted by atomic mass is 16.5. The maximum absolute atomic E-state index is 6.58. The molecular formula is C49H35N3O. The lowest BCUT2D eigenvalue weighted by atomic mass is 9.66. The van der Waals surface area contributed by atoms with Crippen LogP contribution in [0.1, 0.15) is 45.8 Å². The predicted molar refractivity (Wildman–Crippen MR) is 214 cm³/mol.